The van der Waals surface area contributed by atoms with Crippen molar-refractivity contribution in [2.45, 2.75) is 78.1 Å². The molecule has 6 heteroatoms. The van der Waals surface area contributed by atoms with Crippen LogP contribution in [0.3, 0.4) is 0 Å². The van der Waals surface area contributed by atoms with Crippen molar-refractivity contribution in [1.29, 1.82) is 0 Å². The Balaban J connectivity index is 2.04. The van der Waals surface area contributed by atoms with E-state index in [9.17, 15) is 14.0 Å². The number of carbonyl (C=O) groups is 2. The molecule has 0 bridgehead atoms. The first kappa shape index (κ1) is 25.2. The van der Waals surface area contributed by atoms with Crippen LogP contribution in [0.15, 0.2) is 12.1 Å². The molecular formula is C25H38FNO4. The van der Waals surface area contributed by atoms with Gasteiger partial charge in [0.1, 0.15) is 11.6 Å². The van der Waals surface area contributed by atoms with E-state index < -0.39 is 0 Å². The third kappa shape index (κ3) is 6.94. The molecule has 1 amide bonds. The van der Waals surface area contributed by atoms with Crippen LogP contribution in [-0.4, -0.2) is 43.6 Å². The number of rotatable bonds is 6. The number of esters is 1. The van der Waals surface area contributed by atoms with Gasteiger partial charge >= 0.3 is 5.97 Å². The number of hydrogen-bond acceptors (Lipinski definition) is 4. The lowest BCUT2D eigenvalue weighted by atomic mass is 9.79. The molecule has 1 aliphatic rings. The summed E-state index contributed by atoms with van der Waals surface area (Å²) in [7, 11) is 1.33. The van der Waals surface area contributed by atoms with Crippen LogP contribution in [0.2, 0.25) is 0 Å². The predicted molar refractivity (Wildman–Crippen MR) is 120 cm³/mol. The Morgan fingerprint density at radius 1 is 1.00 bits per heavy atom. The van der Waals surface area contributed by atoms with Crippen LogP contribution in [-0.2, 0) is 25.2 Å². The summed E-state index contributed by atoms with van der Waals surface area (Å²) >= 11 is 0. The summed E-state index contributed by atoms with van der Waals surface area (Å²) < 4.78 is 25.4. The molecule has 0 unspecified atom stereocenters. The van der Waals surface area contributed by atoms with E-state index in [1.807, 2.05) is 4.90 Å². The standard InChI is InChI=1S/C25H38FNO4/c1-24(2,3)19-14-18(26)15-20(25(4,5)6)23(19)31-16-17-10-12-27(13-11-17)21(28)8-9-22(29)30-7/h14-15,17H,8-13,16H2,1-7H3. The number of piperidine rings is 1. The maximum Gasteiger partial charge on any atom is 0.306 e. The molecule has 2 rings (SSSR count). The fraction of sp³-hybridized carbons (Fsp3) is 0.680. The molecule has 1 fully saturated rings. The van der Waals surface area contributed by atoms with Gasteiger partial charge in [-0.05, 0) is 41.7 Å². The minimum absolute atomic E-state index is 0.00617. The van der Waals surface area contributed by atoms with Gasteiger partial charge in [0.05, 0.1) is 20.1 Å². The first-order valence-electron chi connectivity index (χ1n) is 11.1. The van der Waals surface area contributed by atoms with Crippen molar-refractivity contribution in [2.75, 3.05) is 26.8 Å². The highest BCUT2D eigenvalue weighted by Gasteiger charge is 2.29. The zero-order chi connectivity index (χ0) is 23.4. The van der Waals surface area contributed by atoms with E-state index in [1.54, 1.807) is 12.1 Å². The topological polar surface area (TPSA) is 55.8 Å². The van der Waals surface area contributed by atoms with Gasteiger partial charge in [-0.1, -0.05) is 41.5 Å². The van der Waals surface area contributed by atoms with Gasteiger partial charge in [-0.3, -0.25) is 9.59 Å². The van der Waals surface area contributed by atoms with Crippen molar-refractivity contribution in [3.8, 4) is 5.75 Å². The molecule has 174 valence electrons. The van der Waals surface area contributed by atoms with E-state index in [1.165, 1.54) is 7.11 Å². The Labute approximate surface area is 186 Å². The molecule has 1 aromatic rings. The number of halogens is 1. The number of carbonyl (C=O) groups excluding carboxylic acids is 2. The SMILES string of the molecule is COC(=O)CCC(=O)N1CCC(COc2c(C(C)(C)C)cc(F)cc2C(C)(C)C)CC1. The third-order valence-electron chi connectivity index (χ3n) is 5.87. The van der Waals surface area contributed by atoms with Crippen molar-refractivity contribution in [1.82, 2.24) is 4.90 Å². The number of benzene rings is 1. The van der Waals surface area contributed by atoms with Crippen LogP contribution >= 0.6 is 0 Å². The molecule has 0 aromatic heterocycles. The maximum absolute atomic E-state index is 14.4. The molecule has 5 nitrogen and oxygen atoms in total. The lowest BCUT2D eigenvalue weighted by molar-refractivity contribution is -0.144. The van der Waals surface area contributed by atoms with Crippen molar-refractivity contribution in [2.24, 2.45) is 5.92 Å². The molecule has 1 aliphatic heterocycles. The second-order valence-corrected chi connectivity index (χ2v) is 10.5. The van der Waals surface area contributed by atoms with Crippen LogP contribution in [0.25, 0.3) is 0 Å². The highest BCUT2D eigenvalue weighted by molar-refractivity contribution is 5.81. The van der Waals surface area contributed by atoms with Crippen LogP contribution in [0, 0.1) is 11.7 Å². The first-order chi connectivity index (χ1) is 14.3. The van der Waals surface area contributed by atoms with Crippen molar-refractivity contribution in [3.63, 3.8) is 0 Å². The Morgan fingerprint density at radius 2 is 1.52 bits per heavy atom. The van der Waals surface area contributed by atoms with Gasteiger partial charge in [-0.15, -0.1) is 0 Å². The van der Waals surface area contributed by atoms with Crippen LogP contribution in [0.1, 0.15) is 78.4 Å². The van der Waals surface area contributed by atoms with Crippen molar-refractivity contribution >= 4 is 11.9 Å². The molecule has 0 atom stereocenters. The van der Waals surface area contributed by atoms with Gasteiger partial charge in [-0.2, -0.15) is 0 Å². The Bertz CT molecular complexity index is 749. The molecule has 0 radical (unpaired) electrons. The van der Waals surface area contributed by atoms with E-state index in [-0.39, 0.29) is 41.4 Å². The maximum atomic E-state index is 14.4. The largest absolute Gasteiger partial charge is 0.493 e. The first-order valence-corrected chi connectivity index (χ1v) is 11.1. The minimum Gasteiger partial charge on any atom is -0.493 e. The number of nitrogens with zero attached hydrogens (tertiary/aromatic N) is 1. The number of hydrogen-bond donors (Lipinski definition) is 0. The molecule has 1 saturated heterocycles. The van der Waals surface area contributed by atoms with Gasteiger partial charge in [0, 0.05) is 30.6 Å². The quantitative estimate of drug-likeness (QED) is 0.591. The molecule has 1 heterocycles. The van der Waals surface area contributed by atoms with E-state index in [2.05, 4.69) is 46.3 Å². The zero-order valence-electron chi connectivity index (χ0n) is 20.1. The van der Waals surface area contributed by atoms with Crippen LogP contribution in [0.4, 0.5) is 4.39 Å². The van der Waals surface area contributed by atoms with Crippen molar-refractivity contribution < 1.29 is 23.5 Å². The van der Waals surface area contributed by atoms with Gasteiger partial charge in [0.2, 0.25) is 5.91 Å². The summed E-state index contributed by atoms with van der Waals surface area (Å²) in [5.74, 6) is 0.517. The zero-order valence-corrected chi connectivity index (χ0v) is 20.1. The second kappa shape index (κ2) is 10.0. The third-order valence-corrected chi connectivity index (χ3v) is 5.87. The summed E-state index contributed by atoms with van der Waals surface area (Å²) in [6.07, 6.45) is 2.00. The van der Waals surface area contributed by atoms with Crippen LogP contribution < -0.4 is 4.74 Å². The predicted octanol–water partition coefficient (Wildman–Crippen LogP) is 4.99. The van der Waals surface area contributed by atoms with Gasteiger partial charge < -0.3 is 14.4 Å². The highest BCUT2D eigenvalue weighted by Crippen LogP contribution is 2.40. The Morgan fingerprint density at radius 3 is 1.97 bits per heavy atom. The molecule has 1 aromatic carbocycles. The molecule has 0 saturated carbocycles. The molecule has 0 N–H and O–H groups in total. The average Bonchev–Trinajstić information content (AvgIpc) is 2.69. The molecule has 0 spiro atoms. The number of likely N-dealkylation sites (tertiary alicyclic amines) is 1. The second-order valence-electron chi connectivity index (χ2n) is 10.5. The Hall–Kier alpha value is -2.11. The number of ether oxygens (including phenoxy) is 2. The van der Waals surface area contributed by atoms with E-state index in [0.29, 0.717) is 25.6 Å². The number of methoxy groups -OCH3 is 1. The van der Waals surface area contributed by atoms with Gasteiger partial charge in [0.25, 0.3) is 0 Å². The van der Waals surface area contributed by atoms with E-state index >= 15 is 0 Å². The smallest absolute Gasteiger partial charge is 0.306 e. The summed E-state index contributed by atoms with van der Waals surface area (Å²) in [6, 6.07) is 3.18. The lowest BCUT2D eigenvalue weighted by Crippen LogP contribution is -2.40. The summed E-state index contributed by atoms with van der Waals surface area (Å²) in [5, 5.41) is 0. The fourth-order valence-electron chi connectivity index (χ4n) is 3.88. The lowest BCUT2D eigenvalue weighted by Gasteiger charge is -2.34. The van der Waals surface area contributed by atoms with E-state index in [4.69, 9.17) is 4.74 Å². The Kier molecular flexibility index (Phi) is 8.12. The average molecular weight is 436 g/mol. The van der Waals surface area contributed by atoms with Gasteiger partial charge in [-0.25, -0.2) is 4.39 Å². The molecular weight excluding hydrogens is 397 g/mol. The summed E-state index contributed by atoms with van der Waals surface area (Å²) in [6.45, 7) is 14.3. The minimum atomic E-state index is -0.361. The van der Waals surface area contributed by atoms with Crippen LogP contribution in [0.5, 0.6) is 5.75 Å². The van der Waals surface area contributed by atoms with Gasteiger partial charge in [0.15, 0.2) is 0 Å². The van der Waals surface area contributed by atoms with Crippen molar-refractivity contribution in [3.05, 3.63) is 29.1 Å². The number of amides is 1. The van der Waals surface area contributed by atoms with E-state index in [0.717, 1.165) is 29.7 Å². The monoisotopic (exact) mass is 435 g/mol. The molecule has 31 heavy (non-hydrogen) atoms. The highest BCUT2D eigenvalue weighted by atomic mass is 19.1. The fourth-order valence-corrected chi connectivity index (χ4v) is 3.88. The summed E-state index contributed by atoms with van der Waals surface area (Å²) in [5.41, 5.74) is 1.28. The summed E-state index contributed by atoms with van der Waals surface area (Å²) in [4.78, 5) is 25.4. The normalized spacial score (nSPS) is 15.7. The molecule has 0 aliphatic carbocycles.